The van der Waals surface area contributed by atoms with Gasteiger partial charge >= 0.3 is 0 Å². The Morgan fingerprint density at radius 1 is 1.27 bits per heavy atom. The molecule has 90 valence electrons. The summed E-state index contributed by atoms with van der Waals surface area (Å²) in [5.74, 6) is 0. The molecule has 2 N–H and O–H groups in total. The molecular weight excluding hydrogens is 186 g/mol. The van der Waals surface area contributed by atoms with E-state index in [9.17, 15) is 0 Å². The second-order valence-electron chi connectivity index (χ2n) is 4.32. The summed E-state index contributed by atoms with van der Waals surface area (Å²) in [6, 6.07) is 0.831. The summed E-state index contributed by atoms with van der Waals surface area (Å²) >= 11 is 0. The molecule has 0 aromatic heterocycles. The molecule has 0 atom stereocenters. The van der Waals surface area contributed by atoms with E-state index in [1.807, 2.05) is 0 Å². The van der Waals surface area contributed by atoms with Gasteiger partial charge in [0, 0.05) is 6.04 Å². The number of piperidine rings is 1. The van der Waals surface area contributed by atoms with Crippen molar-refractivity contribution >= 4 is 0 Å². The standard InChI is InChI=1S/C12H27N3/c1-3-13-8-5-11-15(4-2)12-6-9-14-10-7-12/h12-14H,3-11H2,1-2H3. The summed E-state index contributed by atoms with van der Waals surface area (Å²) < 4.78 is 0. The van der Waals surface area contributed by atoms with Crippen LogP contribution in [-0.4, -0.2) is 50.2 Å². The van der Waals surface area contributed by atoms with Crippen molar-refractivity contribution in [2.24, 2.45) is 0 Å². The molecule has 1 aliphatic heterocycles. The predicted molar refractivity (Wildman–Crippen MR) is 66.3 cm³/mol. The third-order valence-electron chi connectivity index (χ3n) is 3.28. The van der Waals surface area contributed by atoms with Gasteiger partial charge in [-0.15, -0.1) is 0 Å². The highest BCUT2D eigenvalue weighted by Crippen LogP contribution is 2.11. The van der Waals surface area contributed by atoms with Crippen LogP contribution in [0.15, 0.2) is 0 Å². The summed E-state index contributed by atoms with van der Waals surface area (Å²) in [5.41, 5.74) is 0. The Balaban J connectivity index is 2.15. The summed E-state index contributed by atoms with van der Waals surface area (Å²) in [4.78, 5) is 2.65. The van der Waals surface area contributed by atoms with E-state index in [-0.39, 0.29) is 0 Å². The molecule has 0 aromatic rings. The maximum atomic E-state index is 3.43. The lowest BCUT2D eigenvalue weighted by Gasteiger charge is -2.33. The van der Waals surface area contributed by atoms with Gasteiger partial charge in [-0.2, -0.15) is 0 Å². The first kappa shape index (κ1) is 12.9. The molecule has 0 aromatic carbocycles. The molecular formula is C12H27N3. The fourth-order valence-corrected chi connectivity index (χ4v) is 2.35. The van der Waals surface area contributed by atoms with Crippen LogP contribution in [0, 0.1) is 0 Å². The Kier molecular flexibility index (Phi) is 6.98. The van der Waals surface area contributed by atoms with Gasteiger partial charge in [-0.1, -0.05) is 13.8 Å². The Bertz CT molecular complexity index is 144. The Hall–Kier alpha value is -0.120. The molecule has 1 heterocycles. The fraction of sp³-hybridized carbons (Fsp3) is 1.00. The van der Waals surface area contributed by atoms with E-state index in [0.29, 0.717) is 0 Å². The SMILES string of the molecule is CCNCCCN(CC)C1CCNCC1. The zero-order chi connectivity index (χ0) is 10.9. The first-order chi connectivity index (χ1) is 7.38. The van der Waals surface area contributed by atoms with E-state index in [4.69, 9.17) is 0 Å². The van der Waals surface area contributed by atoms with Gasteiger partial charge in [-0.05, 0) is 58.5 Å². The second kappa shape index (κ2) is 8.08. The van der Waals surface area contributed by atoms with Gasteiger partial charge in [0.25, 0.3) is 0 Å². The summed E-state index contributed by atoms with van der Waals surface area (Å²) in [7, 11) is 0. The van der Waals surface area contributed by atoms with Gasteiger partial charge in [-0.3, -0.25) is 0 Å². The molecule has 1 saturated heterocycles. The molecule has 0 radical (unpaired) electrons. The maximum absolute atomic E-state index is 3.43. The lowest BCUT2D eigenvalue weighted by Crippen LogP contribution is -2.43. The molecule has 0 unspecified atom stereocenters. The molecule has 1 fully saturated rings. The first-order valence-corrected chi connectivity index (χ1v) is 6.54. The van der Waals surface area contributed by atoms with Crippen LogP contribution in [0.5, 0.6) is 0 Å². The van der Waals surface area contributed by atoms with Crippen LogP contribution in [0.4, 0.5) is 0 Å². The van der Waals surface area contributed by atoms with E-state index >= 15 is 0 Å². The largest absolute Gasteiger partial charge is 0.317 e. The zero-order valence-corrected chi connectivity index (χ0v) is 10.4. The minimum atomic E-state index is 0.831. The van der Waals surface area contributed by atoms with Crippen LogP contribution in [0.25, 0.3) is 0 Å². The average Bonchev–Trinajstić information content (AvgIpc) is 2.30. The van der Waals surface area contributed by atoms with Crippen molar-refractivity contribution in [3.63, 3.8) is 0 Å². The summed E-state index contributed by atoms with van der Waals surface area (Å²) in [5, 5.41) is 6.82. The predicted octanol–water partition coefficient (Wildman–Crippen LogP) is 1.06. The summed E-state index contributed by atoms with van der Waals surface area (Å²) in [6.07, 6.45) is 3.94. The number of rotatable bonds is 7. The topological polar surface area (TPSA) is 27.3 Å². The van der Waals surface area contributed by atoms with Crippen molar-refractivity contribution in [3.05, 3.63) is 0 Å². The van der Waals surface area contributed by atoms with Gasteiger partial charge in [0.2, 0.25) is 0 Å². The molecule has 0 spiro atoms. The zero-order valence-electron chi connectivity index (χ0n) is 10.4. The molecule has 1 aliphatic rings. The van der Waals surface area contributed by atoms with Crippen LogP contribution in [0.3, 0.4) is 0 Å². The van der Waals surface area contributed by atoms with E-state index in [2.05, 4.69) is 29.4 Å². The van der Waals surface area contributed by atoms with Crippen LogP contribution < -0.4 is 10.6 Å². The van der Waals surface area contributed by atoms with Crippen molar-refractivity contribution in [3.8, 4) is 0 Å². The molecule has 0 aliphatic carbocycles. The Labute approximate surface area is 94.6 Å². The summed E-state index contributed by atoms with van der Waals surface area (Å²) in [6.45, 7) is 11.6. The molecule has 0 bridgehead atoms. The average molecular weight is 213 g/mol. The van der Waals surface area contributed by atoms with Gasteiger partial charge in [0.05, 0.1) is 0 Å². The maximum Gasteiger partial charge on any atom is 0.0119 e. The third kappa shape index (κ3) is 4.96. The minimum Gasteiger partial charge on any atom is -0.317 e. The fourth-order valence-electron chi connectivity index (χ4n) is 2.35. The molecule has 0 saturated carbocycles. The highest BCUT2D eigenvalue weighted by atomic mass is 15.2. The monoisotopic (exact) mass is 213 g/mol. The number of hydrogen-bond acceptors (Lipinski definition) is 3. The highest BCUT2D eigenvalue weighted by molar-refractivity contribution is 4.77. The third-order valence-corrected chi connectivity index (χ3v) is 3.28. The van der Waals surface area contributed by atoms with Crippen molar-refractivity contribution < 1.29 is 0 Å². The number of nitrogens with zero attached hydrogens (tertiary/aromatic N) is 1. The van der Waals surface area contributed by atoms with E-state index < -0.39 is 0 Å². The molecule has 15 heavy (non-hydrogen) atoms. The van der Waals surface area contributed by atoms with Crippen LogP contribution in [0.2, 0.25) is 0 Å². The first-order valence-electron chi connectivity index (χ1n) is 6.54. The second-order valence-corrected chi connectivity index (χ2v) is 4.32. The molecule has 0 amide bonds. The van der Waals surface area contributed by atoms with Crippen LogP contribution in [0.1, 0.15) is 33.1 Å². The van der Waals surface area contributed by atoms with Crippen molar-refractivity contribution in [1.29, 1.82) is 0 Å². The smallest absolute Gasteiger partial charge is 0.0119 e. The van der Waals surface area contributed by atoms with Gasteiger partial charge in [-0.25, -0.2) is 0 Å². The van der Waals surface area contributed by atoms with Crippen molar-refractivity contribution in [1.82, 2.24) is 15.5 Å². The van der Waals surface area contributed by atoms with E-state index in [1.165, 1.54) is 45.4 Å². The number of hydrogen-bond donors (Lipinski definition) is 2. The lowest BCUT2D eigenvalue weighted by molar-refractivity contribution is 0.168. The van der Waals surface area contributed by atoms with Gasteiger partial charge in [0.15, 0.2) is 0 Å². The van der Waals surface area contributed by atoms with Crippen molar-refractivity contribution in [2.45, 2.75) is 39.2 Å². The normalized spacial score (nSPS) is 18.6. The van der Waals surface area contributed by atoms with Crippen LogP contribution in [-0.2, 0) is 0 Å². The highest BCUT2D eigenvalue weighted by Gasteiger charge is 2.18. The van der Waals surface area contributed by atoms with E-state index in [1.54, 1.807) is 0 Å². The van der Waals surface area contributed by atoms with Gasteiger partial charge < -0.3 is 15.5 Å². The van der Waals surface area contributed by atoms with E-state index in [0.717, 1.165) is 19.1 Å². The quantitative estimate of drug-likeness (QED) is 0.619. The minimum absolute atomic E-state index is 0.831. The number of nitrogens with one attached hydrogen (secondary N) is 2. The molecule has 3 nitrogen and oxygen atoms in total. The molecule has 1 rings (SSSR count). The lowest BCUT2D eigenvalue weighted by atomic mass is 10.0. The van der Waals surface area contributed by atoms with Gasteiger partial charge in [0.1, 0.15) is 0 Å². The molecule has 3 heteroatoms. The Morgan fingerprint density at radius 2 is 2.00 bits per heavy atom. The Morgan fingerprint density at radius 3 is 2.60 bits per heavy atom. The van der Waals surface area contributed by atoms with Crippen LogP contribution >= 0.6 is 0 Å². The van der Waals surface area contributed by atoms with Crippen molar-refractivity contribution in [2.75, 3.05) is 39.3 Å².